The van der Waals surface area contributed by atoms with Crippen LogP contribution in [0.4, 0.5) is 0 Å². The number of aromatic amines is 1. The second-order valence-corrected chi connectivity index (χ2v) is 9.72. The molecule has 14 heteroatoms. The van der Waals surface area contributed by atoms with E-state index in [1.54, 1.807) is 13.8 Å². The Bertz CT molecular complexity index is 1130. The number of carboxylic acid groups (broad SMARTS) is 1. The molecule has 1 aromatic carbocycles. The van der Waals surface area contributed by atoms with Gasteiger partial charge in [-0.3, -0.25) is 19.4 Å². The molecule has 2 aromatic rings. The number of nitrogens with one attached hydrogen (secondary N) is 4. The van der Waals surface area contributed by atoms with Crippen molar-refractivity contribution in [2.45, 2.75) is 63.7 Å². The first kappa shape index (κ1) is 31.8. The number of aliphatic carboxylic acids is 1. The molecule has 14 nitrogen and oxygen atoms in total. The Morgan fingerprint density at radius 3 is 2.23 bits per heavy atom. The van der Waals surface area contributed by atoms with E-state index >= 15 is 0 Å². The van der Waals surface area contributed by atoms with Crippen LogP contribution in [0, 0.1) is 5.92 Å². The molecule has 0 aliphatic carbocycles. The zero-order valence-electron chi connectivity index (χ0n) is 22.7. The highest BCUT2D eigenvalue weighted by Crippen LogP contribution is 2.08. The number of imidazole rings is 1. The lowest BCUT2D eigenvalue weighted by Gasteiger charge is -2.27. The molecule has 4 atom stereocenters. The van der Waals surface area contributed by atoms with Crippen molar-refractivity contribution in [2.75, 3.05) is 6.54 Å². The van der Waals surface area contributed by atoms with E-state index in [1.165, 1.54) is 12.5 Å². The molecule has 1 heterocycles. The predicted molar refractivity (Wildman–Crippen MR) is 149 cm³/mol. The highest BCUT2D eigenvalue weighted by Gasteiger charge is 2.31. The second kappa shape index (κ2) is 15.8. The highest BCUT2D eigenvalue weighted by atomic mass is 16.4. The average Bonchev–Trinajstić information content (AvgIpc) is 3.41. The molecule has 11 N–H and O–H groups in total. The third-order valence-electron chi connectivity index (χ3n) is 6.05. The minimum atomic E-state index is -1.28. The number of H-pyrrole nitrogens is 1. The monoisotopic (exact) mass is 557 g/mol. The maximum atomic E-state index is 13.3. The van der Waals surface area contributed by atoms with E-state index in [4.69, 9.17) is 17.2 Å². The van der Waals surface area contributed by atoms with Crippen LogP contribution in [0.2, 0.25) is 0 Å². The summed E-state index contributed by atoms with van der Waals surface area (Å²) in [5, 5.41) is 17.4. The van der Waals surface area contributed by atoms with E-state index in [0.717, 1.165) is 5.56 Å². The SMILES string of the molecule is CC(C)C(NC(=O)C(N)Cc1ccccc1)C(=O)NC(CCCN=C(N)N)C(=O)NC(Cc1cnc[nH]1)C(=O)O. The fourth-order valence-electron chi connectivity index (χ4n) is 3.88. The number of hydrogen-bond acceptors (Lipinski definition) is 7. The summed E-state index contributed by atoms with van der Waals surface area (Å²) in [6.07, 6.45) is 3.51. The largest absolute Gasteiger partial charge is 0.480 e. The Labute approximate surface area is 232 Å². The molecule has 2 rings (SSSR count). The average molecular weight is 558 g/mol. The molecule has 4 unspecified atom stereocenters. The second-order valence-electron chi connectivity index (χ2n) is 9.72. The molecule has 3 amide bonds. The van der Waals surface area contributed by atoms with Crippen molar-refractivity contribution in [1.29, 1.82) is 0 Å². The molecule has 218 valence electrons. The van der Waals surface area contributed by atoms with Crippen molar-refractivity contribution in [1.82, 2.24) is 25.9 Å². The molecular formula is C26H39N9O5. The van der Waals surface area contributed by atoms with Crippen LogP contribution in [-0.4, -0.2) is 75.4 Å². The maximum Gasteiger partial charge on any atom is 0.326 e. The van der Waals surface area contributed by atoms with E-state index in [2.05, 4.69) is 30.9 Å². The van der Waals surface area contributed by atoms with E-state index < -0.39 is 47.9 Å². The summed E-state index contributed by atoms with van der Waals surface area (Å²) in [6, 6.07) is 4.94. The Balaban J connectivity index is 2.12. The van der Waals surface area contributed by atoms with Gasteiger partial charge in [-0.1, -0.05) is 44.2 Å². The van der Waals surface area contributed by atoms with Crippen molar-refractivity contribution in [3.8, 4) is 0 Å². The van der Waals surface area contributed by atoms with E-state index in [9.17, 15) is 24.3 Å². The number of hydrogen-bond donors (Lipinski definition) is 8. The molecule has 0 saturated carbocycles. The van der Waals surface area contributed by atoms with Gasteiger partial charge in [-0.25, -0.2) is 9.78 Å². The van der Waals surface area contributed by atoms with Crippen LogP contribution in [0.15, 0.2) is 47.8 Å². The molecule has 0 aliphatic heterocycles. The van der Waals surface area contributed by atoms with Gasteiger partial charge in [0.2, 0.25) is 17.7 Å². The summed E-state index contributed by atoms with van der Waals surface area (Å²) in [7, 11) is 0. The summed E-state index contributed by atoms with van der Waals surface area (Å²) in [5.41, 5.74) is 18.2. The fourth-order valence-corrected chi connectivity index (χ4v) is 3.88. The Morgan fingerprint density at radius 1 is 0.975 bits per heavy atom. The van der Waals surface area contributed by atoms with Crippen LogP contribution >= 0.6 is 0 Å². The van der Waals surface area contributed by atoms with Gasteiger partial charge in [0.1, 0.15) is 18.1 Å². The molecule has 0 aliphatic rings. The number of aliphatic imine (C=N–C) groups is 1. The lowest BCUT2D eigenvalue weighted by atomic mass is 10.0. The van der Waals surface area contributed by atoms with Gasteiger partial charge in [-0.05, 0) is 30.7 Å². The van der Waals surface area contributed by atoms with Crippen LogP contribution in [0.3, 0.4) is 0 Å². The van der Waals surface area contributed by atoms with Gasteiger partial charge < -0.3 is 43.2 Å². The zero-order valence-corrected chi connectivity index (χ0v) is 22.7. The van der Waals surface area contributed by atoms with Crippen LogP contribution in [0.1, 0.15) is 37.9 Å². The summed E-state index contributed by atoms with van der Waals surface area (Å²) in [4.78, 5) is 61.6. The van der Waals surface area contributed by atoms with Gasteiger partial charge >= 0.3 is 5.97 Å². The number of nitrogens with zero attached hydrogens (tertiary/aromatic N) is 2. The number of carbonyl (C=O) groups excluding carboxylic acids is 3. The standard InChI is InChI=1S/C26H39N9O5/c1-15(2)21(35-22(36)18(27)11-16-7-4-3-5-8-16)24(38)33-19(9-6-10-31-26(28)29)23(37)34-20(25(39)40)12-17-13-30-14-32-17/h3-5,7-8,13-15,18-21H,6,9-12,27H2,1-2H3,(H,30,32)(H,33,38)(H,34,37)(H,35,36)(H,39,40)(H4,28,29,31). The predicted octanol–water partition coefficient (Wildman–Crippen LogP) is -1.23. The molecule has 0 saturated heterocycles. The third kappa shape index (κ3) is 10.7. The van der Waals surface area contributed by atoms with E-state index in [-0.39, 0.29) is 37.7 Å². The van der Waals surface area contributed by atoms with Crippen molar-refractivity contribution in [2.24, 2.45) is 28.1 Å². The van der Waals surface area contributed by atoms with Crippen LogP contribution in [-0.2, 0) is 32.0 Å². The van der Waals surface area contributed by atoms with E-state index in [1.807, 2.05) is 30.3 Å². The number of benzene rings is 1. The lowest BCUT2D eigenvalue weighted by molar-refractivity contribution is -0.142. The van der Waals surface area contributed by atoms with Crippen molar-refractivity contribution < 1.29 is 24.3 Å². The van der Waals surface area contributed by atoms with Gasteiger partial charge in [0.15, 0.2) is 5.96 Å². The normalized spacial score (nSPS) is 13.9. The van der Waals surface area contributed by atoms with Crippen LogP contribution in [0.25, 0.3) is 0 Å². The molecule has 1 aromatic heterocycles. The Morgan fingerprint density at radius 2 is 1.65 bits per heavy atom. The topological polar surface area (TPSA) is 244 Å². The molecule has 0 bridgehead atoms. The zero-order chi connectivity index (χ0) is 29.7. The molecule has 0 spiro atoms. The van der Waals surface area contributed by atoms with E-state index in [0.29, 0.717) is 12.1 Å². The highest BCUT2D eigenvalue weighted by molar-refractivity contribution is 5.94. The van der Waals surface area contributed by atoms with Crippen LogP contribution < -0.4 is 33.2 Å². The fraction of sp³-hybridized carbons (Fsp3) is 0.462. The third-order valence-corrected chi connectivity index (χ3v) is 6.05. The minimum Gasteiger partial charge on any atom is -0.480 e. The number of rotatable bonds is 16. The first-order chi connectivity index (χ1) is 19.0. The Kier molecular flexibility index (Phi) is 12.6. The molecular weight excluding hydrogens is 518 g/mol. The van der Waals surface area contributed by atoms with Crippen molar-refractivity contribution >= 4 is 29.7 Å². The summed E-state index contributed by atoms with van der Waals surface area (Å²) in [5.74, 6) is -3.56. The first-order valence-corrected chi connectivity index (χ1v) is 12.9. The van der Waals surface area contributed by atoms with Crippen molar-refractivity contribution in [3.63, 3.8) is 0 Å². The molecule has 0 radical (unpaired) electrons. The lowest BCUT2D eigenvalue weighted by Crippen LogP contribution is -2.58. The number of aromatic nitrogens is 2. The number of guanidine groups is 1. The van der Waals surface area contributed by atoms with Gasteiger partial charge in [-0.15, -0.1) is 0 Å². The van der Waals surface area contributed by atoms with Crippen molar-refractivity contribution in [3.05, 3.63) is 54.1 Å². The van der Waals surface area contributed by atoms with Gasteiger partial charge in [-0.2, -0.15) is 0 Å². The van der Waals surface area contributed by atoms with Gasteiger partial charge in [0.25, 0.3) is 0 Å². The molecule has 40 heavy (non-hydrogen) atoms. The molecule has 0 fully saturated rings. The van der Waals surface area contributed by atoms with Crippen LogP contribution in [0.5, 0.6) is 0 Å². The number of carboxylic acids is 1. The smallest absolute Gasteiger partial charge is 0.326 e. The number of amides is 3. The number of nitrogens with two attached hydrogens (primary N) is 3. The van der Waals surface area contributed by atoms with Gasteiger partial charge in [0.05, 0.1) is 12.4 Å². The Hall–Kier alpha value is -4.46. The summed E-state index contributed by atoms with van der Waals surface area (Å²) >= 11 is 0. The first-order valence-electron chi connectivity index (χ1n) is 12.9. The summed E-state index contributed by atoms with van der Waals surface area (Å²) < 4.78 is 0. The minimum absolute atomic E-state index is 0.0419. The van der Waals surface area contributed by atoms with Gasteiger partial charge in [0, 0.05) is 24.9 Å². The quantitative estimate of drug-likeness (QED) is 0.0698. The number of carbonyl (C=O) groups is 4. The summed E-state index contributed by atoms with van der Waals surface area (Å²) in [6.45, 7) is 3.68. The maximum absolute atomic E-state index is 13.3.